The first-order valence-electron chi connectivity index (χ1n) is 7.29. The van der Waals surface area contributed by atoms with Crippen LogP contribution in [0.3, 0.4) is 0 Å². The van der Waals surface area contributed by atoms with E-state index in [9.17, 15) is 8.42 Å². The first-order valence-corrected chi connectivity index (χ1v) is 8.73. The Hall–Kier alpha value is -0.960. The lowest BCUT2D eigenvalue weighted by molar-refractivity contribution is 0.302. The van der Waals surface area contributed by atoms with Gasteiger partial charge < -0.3 is 10.2 Å². The summed E-state index contributed by atoms with van der Waals surface area (Å²) in [4.78, 5) is 2.42. The molecule has 0 radical (unpaired) electrons. The number of aryl methyl sites for hydroxylation is 1. The number of nitrogens with one attached hydrogen (secondary N) is 2. The van der Waals surface area contributed by atoms with Gasteiger partial charge in [0.05, 0.1) is 11.4 Å². The fraction of sp³-hybridized carbons (Fsp3) is 0.769. The summed E-state index contributed by atoms with van der Waals surface area (Å²) >= 11 is 0. The van der Waals surface area contributed by atoms with Crippen LogP contribution in [-0.4, -0.2) is 67.6 Å². The summed E-state index contributed by atoms with van der Waals surface area (Å²) in [7, 11) is 0.493. The molecule has 0 spiro atoms. The first-order chi connectivity index (χ1) is 9.87. The molecular weight excluding hydrogens is 290 g/mol. The number of likely N-dealkylation sites (N-methyl/N-ethyl adjacent to an activating group) is 1. The van der Waals surface area contributed by atoms with Crippen LogP contribution in [0.1, 0.15) is 24.7 Å². The molecule has 2 rings (SSSR count). The lowest BCUT2D eigenvalue weighted by atomic mass is 10.2. The number of sulfonamides is 1. The summed E-state index contributed by atoms with van der Waals surface area (Å²) < 4.78 is 27.4. The second-order valence-corrected chi connectivity index (χ2v) is 7.55. The normalized spacial score (nSPS) is 20.5. The van der Waals surface area contributed by atoms with Crippen LogP contribution in [0.15, 0.2) is 4.90 Å². The van der Waals surface area contributed by atoms with E-state index in [0.717, 1.165) is 13.0 Å². The predicted molar refractivity (Wildman–Crippen MR) is 81.6 cm³/mol. The summed E-state index contributed by atoms with van der Waals surface area (Å²) in [6.07, 6.45) is 0.867. The van der Waals surface area contributed by atoms with Gasteiger partial charge in [0.2, 0.25) is 10.0 Å². The van der Waals surface area contributed by atoms with E-state index in [2.05, 4.69) is 20.4 Å². The van der Waals surface area contributed by atoms with Crippen molar-refractivity contribution in [3.8, 4) is 0 Å². The van der Waals surface area contributed by atoms with Crippen molar-refractivity contribution in [2.75, 3.05) is 33.7 Å². The van der Waals surface area contributed by atoms with Gasteiger partial charge in [0.1, 0.15) is 4.90 Å². The number of aromatic amines is 1. The molecule has 120 valence electrons. The zero-order chi connectivity index (χ0) is 15.6. The lowest BCUT2D eigenvalue weighted by Gasteiger charge is -2.20. The van der Waals surface area contributed by atoms with Crippen molar-refractivity contribution in [3.63, 3.8) is 0 Å². The van der Waals surface area contributed by atoms with Gasteiger partial charge >= 0.3 is 0 Å². The van der Waals surface area contributed by atoms with E-state index < -0.39 is 10.0 Å². The van der Waals surface area contributed by atoms with Crippen molar-refractivity contribution in [3.05, 3.63) is 11.4 Å². The van der Waals surface area contributed by atoms with Crippen LogP contribution in [0.25, 0.3) is 0 Å². The van der Waals surface area contributed by atoms with E-state index in [0.29, 0.717) is 35.9 Å². The number of hydrogen-bond acceptors (Lipinski definition) is 5. The van der Waals surface area contributed by atoms with Crippen LogP contribution in [0.4, 0.5) is 0 Å². The maximum atomic E-state index is 12.9. The third-order valence-electron chi connectivity index (χ3n) is 3.96. The maximum absolute atomic E-state index is 12.9. The number of H-pyrrole nitrogens is 1. The third kappa shape index (κ3) is 3.28. The Balaban J connectivity index is 2.26. The van der Waals surface area contributed by atoms with Crippen molar-refractivity contribution in [1.82, 2.24) is 24.7 Å². The van der Waals surface area contributed by atoms with Crippen molar-refractivity contribution in [2.45, 2.75) is 37.8 Å². The minimum Gasteiger partial charge on any atom is -0.311 e. The van der Waals surface area contributed by atoms with E-state index in [1.54, 1.807) is 11.2 Å². The van der Waals surface area contributed by atoms with Crippen LogP contribution in [0.5, 0.6) is 0 Å². The molecule has 2 N–H and O–H groups in total. The highest BCUT2D eigenvalue weighted by Crippen LogP contribution is 2.26. The number of rotatable bonds is 6. The molecule has 1 atom stereocenters. The van der Waals surface area contributed by atoms with Gasteiger partial charge in [0.25, 0.3) is 0 Å². The average Bonchev–Trinajstić information content (AvgIpc) is 3.03. The maximum Gasteiger partial charge on any atom is 0.246 e. The molecule has 0 bridgehead atoms. The molecule has 1 aliphatic rings. The van der Waals surface area contributed by atoms with Gasteiger partial charge in [-0.1, -0.05) is 6.92 Å². The Labute approximate surface area is 126 Å². The van der Waals surface area contributed by atoms with Crippen LogP contribution in [0, 0.1) is 6.92 Å². The Morgan fingerprint density at radius 1 is 1.48 bits per heavy atom. The van der Waals surface area contributed by atoms with Crippen LogP contribution >= 0.6 is 0 Å². The Morgan fingerprint density at radius 3 is 2.76 bits per heavy atom. The Morgan fingerprint density at radius 2 is 2.19 bits per heavy atom. The highest BCUT2D eigenvalue weighted by atomic mass is 32.2. The molecule has 1 unspecified atom stereocenters. The van der Waals surface area contributed by atoms with Gasteiger partial charge in [0, 0.05) is 25.7 Å². The number of nitrogens with zero attached hydrogens (tertiary/aromatic N) is 3. The second kappa shape index (κ2) is 6.43. The van der Waals surface area contributed by atoms with E-state index in [1.165, 1.54) is 0 Å². The summed E-state index contributed by atoms with van der Waals surface area (Å²) in [5.74, 6) is 0. The molecule has 21 heavy (non-hydrogen) atoms. The van der Waals surface area contributed by atoms with Crippen LogP contribution in [-0.2, 0) is 16.6 Å². The lowest BCUT2D eigenvalue weighted by Crippen LogP contribution is -2.35. The van der Waals surface area contributed by atoms with E-state index in [4.69, 9.17) is 0 Å². The summed E-state index contributed by atoms with van der Waals surface area (Å²) in [5.41, 5.74) is 1.18. The van der Waals surface area contributed by atoms with E-state index in [1.807, 2.05) is 21.0 Å². The zero-order valence-electron chi connectivity index (χ0n) is 13.2. The molecular formula is C13H25N5O2S. The monoisotopic (exact) mass is 315 g/mol. The first kappa shape index (κ1) is 16.4. The van der Waals surface area contributed by atoms with Gasteiger partial charge in [0.15, 0.2) is 0 Å². The minimum absolute atomic E-state index is 0.282. The fourth-order valence-corrected chi connectivity index (χ4v) is 4.47. The zero-order valence-corrected chi connectivity index (χ0v) is 14.0. The minimum atomic E-state index is -3.48. The van der Waals surface area contributed by atoms with Crippen LogP contribution in [0.2, 0.25) is 0 Å². The van der Waals surface area contributed by atoms with E-state index in [-0.39, 0.29) is 6.04 Å². The average molecular weight is 315 g/mol. The quantitative estimate of drug-likeness (QED) is 0.781. The van der Waals surface area contributed by atoms with Crippen molar-refractivity contribution in [2.24, 2.45) is 0 Å². The van der Waals surface area contributed by atoms with Crippen molar-refractivity contribution >= 4 is 10.0 Å². The van der Waals surface area contributed by atoms with Crippen molar-refractivity contribution < 1.29 is 8.42 Å². The molecule has 1 aromatic heterocycles. The summed E-state index contributed by atoms with van der Waals surface area (Å²) in [6.45, 7) is 6.08. The molecule has 0 aliphatic carbocycles. The van der Waals surface area contributed by atoms with Gasteiger partial charge in [-0.05, 0) is 34.0 Å². The molecule has 2 heterocycles. The molecule has 1 saturated heterocycles. The predicted octanol–water partition coefficient (Wildman–Crippen LogP) is 0.152. The fourth-order valence-electron chi connectivity index (χ4n) is 2.65. The third-order valence-corrected chi connectivity index (χ3v) is 6.03. The molecule has 0 aromatic carbocycles. The van der Waals surface area contributed by atoms with E-state index >= 15 is 0 Å². The van der Waals surface area contributed by atoms with Gasteiger partial charge in [-0.2, -0.15) is 9.40 Å². The Kier molecular flexibility index (Phi) is 5.03. The SMILES string of the molecule is CCNCc1n[nH]c(C)c1S(=O)(=O)N1CCC(N(C)C)C1. The Bertz CT molecular complexity index is 581. The summed E-state index contributed by atoms with van der Waals surface area (Å²) in [6, 6.07) is 0.282. The van der Waals surface area contributed by atoms with Crippen LogP contribution < -0.4 is 5.32 Å². The van der Waals surface area contributed by atoms with Gasteiger partial charge in [-0.25, -0.2) is 8.42 Å². The van der Waals surface area contributed by atoms with Gasteiger partial charge in [-0.3, -0.25) is 5.10 Å². The molecule has 0 amide bonds. The highest BCUT2D eigenvalue weighted by molar-refractivity contribution is 7.89. The number of aromatic nitrogens is 2. The molecule has 7 nitrogen and oxygen atoms in total. The highest BCUT2D eigenvalue weighted by Gasteiger charge is 2.36. The smallest absolute Gasteiger partial charge is 0.246 e. The standard InChI is InChI=1S/C13H25N5O2S/c1-5-14-8-12-13(10(2)15-16-12)21(19,20)18-7-6-11(9-18)17(3)4/h11,14H,5-9H2,1-4H3,(H,15,16). The number of hydrogen-bond donors (Lipinski definition) is 2. The molecule has 8 heteroatoms. The summed E-state index contributed by atoms with van der Waals surface area (Å²) in [5, 5.41) is 10.1. The largest absolute Gasteiger partial charge is 0.311 e. The van der Waals surface area contributed by atoms with Crippen molar-refractivity contribution in [1.29, 1.82) is 0 Å². The molecule has 1 aromatic rings. The molecule has 1 fully saturated rings. The second-order valence-electron chi connectivity index (χ2n) is 5.67. The van der Waals surface area contributed by atoms with Gasteiger partial charge in [-0.15, -0.1) is 0 Å². The molecule has 1 aliphatic heterocycles. The topological polar surface area (TPSA) is 81.3 Å². The molecule has 0 saturated carbocycles.